The van der Waals surface area contributed by atoms with E-state index in [0.29, 0.717) is 11.8 Å². The van der Waals surface area contributed by atoms with Crippen LogP contribution in [0.2, 0.25) is 0 Å². The molecular weight excluding hydrogens is 282 g/mol. The molecule has 1 aromatic rings. The van der Waals surface area contributed by atoms with Gasteiger partial charge in [0.15, 0.2) is 0 Å². The van der Waals surface area contributed by atoms with Gasteiger partial charge in [-0.25, -0.2) is 8.42 Å². The van der Waals surface area contributed by atoms with Gasteiger partial charge < -0.3 is 4.90 Å². The second-order valence-electron chi connectivity index (χ2n) is 4.78. The summed E-state index contributed by atoms with van der Waals surface area (Å²) in [5, 5.41) is 0.317. The summed E-state index contributed by atoms with van der Waals surface area (Å²) in [4.78, 5) is 15.0. The van der Waals surface area contributed by atoms with Crippen LogP contribution in [0, 0.1) is 0 Å². The number of rotatable bonds is 3. The molecule has 0 saturated heterocycles. The molecule has 0 saturated carbocycles. The minimum absolute atomic E-state index is 0.0462. The number of sulfone groups is 1. The molecule has 1 unspecified atom stereocenters. The van der Waals surface area contributed by atoms with Crippen LogP contribution in [-0.2, 0) is 14.6 Å². The van der Waals surface area contributed by atoms with Gasteiger partial charge in [0, 0.05) is 29.4 Å². The van der Waals surface area contributed by atoms with Crippen molar-refractivity contribution in [3.8, 4) is 0 Å². The van der Waals surface area contributed by atoms with Crippen molar-refractivity contribution in [1.82, 2.24) is 0 Å². The fraction of sp³-hybridized carbons (Fsp3) is 0.462. The standard InChI is InChI=1S/C13H17NO3S2/c1-10-9-14(13(15)7-8-19(2,16)17)11-5-3-4-6-12(11)18-10/h3-6,10H,7-9H2,1-2H3. The van der Waals surface area contributed by atoms with Gasteiger partial charge in [0.2, 0.25) is 5.91 Å². The molecule has 0 radical (unpaired) electrons. The number of thioether (sulfide) groups is 1. The topological polar surface area (TPSA) is 54.5 Å². The van der Waals surface area contributed by atoms with Gasteiger partial charge in [0.25, 0.3) is 0 Å². The van der Waals surface area contributed by atoms with Crippen LogP contribution in [0.1, 0.15) is 13.3 Å². The monoisotopic (exact) mass is 299 g/mol. The van der Waals surface area contributed by atoms with Crippen LogP contribution in [0.5, 0.6) is 0 Å². The van der Waals surface area contributed by atoms with Crippen LogP contribution in [-0.4, -0.2) is 38.1 Å². The fourth-order valence-corrected chi connectivity index (χ4v) is 3.69. The van der Waals surface area contributed by atoms with Crippen molar-refractivity contribution in [3.05, 3.63) is 24.3 Å². The first-order valence-corrected chi connectivity index (χ1v) is 9.04. The Labute approximate surface area is 118 Å². The molecule has 0 spiro atoms. The van der Waals surface area contributed by atoms with Crippen LogP contribution < -0.4 is 4.90 Å². The SMILES string of the molecule is CC1CN(C(=O)CCS(C)(=O)=O)c2ccccc2S1. The van der Waals surface area contributed by atoms with Crippen molar-refractivity contribution in [2.45, 2.75) is 23.5 Å². The summed E-state index contributed by atoms with van der Waals surface area (Å²) in [5.41, 5.74) is 0.893. The lowest BCUT2D eigenvalue weighted by molar-refractivity contribution is -0.118. The number of para-hydroxylation sites is 1. The number of anilines is 1. The lowest BCUT2D eigenvalue weighted by Crippen LogP contribution is -2.39. The molecule has 104 valence electrons. The minimum Gasteiger partial charge on any atom is -0.310 e. The molecule has 0 N–H and O–H groups in total. The number of carbonyl (C=O) groups excluding carboxylic acids is 1. The maximum absolute atomic E-state index is 12.2. The Morgan fingerprint density at radius 3 is 2.79 bits per heavy atom. The Balaban J connectivity index is 2.18. The van der Waals surface area contributed by atoms with Crippen LogP contribution >= 0.6 is 11.8 Å². The number of hydrogen-bond acceptors (Lipinski definition) is 4. The molecule has 1 amide bonds. The minimum atomic E-state index is -3.10. The number of carbonyl (C=O) groups is 1. The quantitative estimate of drug-likeness (QED) is 0.856. The van der Waals surface area contributed by atoms with E-state index < -0.39 is 9.84 Å². The average molecular weight is 299 g/mol. The van der Waals surface area contributed by atoms with Crippen molar-refractivity contribution >= 4 is 33.2 Å². The third-order valence-electron chi connectivity index (χ3n) is 2.91. The van der Waals surface area contributed by atoms with E-state index in [9.17, 15) is 13.2 Å². The number of hydrogen-bond donors (Lipinski definition) is 0. The maximum atomic E-state index is 12.2. The first kappa shape index (κ1) is 14.4. The molecule has 4 nitrogen and oxygen atoms in total. The van der Waals surface area contributed by atoms with Gasteiger partial charge >= 0.3 is 0 Å². The second-order valence-corrected chi connectivity index (χ2v) is 8.52. The molecule has 0 fully saturated rings. The van der Waals surface area contributed by atoms with E-state index in [1.54, 1.807) is 16.7 Å². The van der Waals surface area contributed by atoms with Gasteiger partial charge in [-0.1, -0.05) is 19.1 Å². The molecule has 6 heteroatoms. The largest absolute Gasteiger partial charge is 0.310 e. The van der Waals surface area contributed by atoms with Crippen molar-refractivity contribution in [2.75, 3.05) is 23.5 Å². The predicted octanol–water partition coefficient (Wildman–Crippen LogP) is 1.95. The molecule has 1 atom stereocenters. The third kappa shape index (κ3) is 3.73. The van der Waals surface area contributed by atoms with Gasteiger partial charge in [-0.15, -0.1) is 11.8 Å². The van der Waals surface area contributed by atoms with Gasteiger partial charge in [-0.05, 0) is 12.1 Å². The Bertz CT molecular complexity index is 583. The van der Waals surface area contributed by atoms with Crippen LogP contribution in [0.25, 0.3) is 0 Å². The summed E-state index contributed by atoms with van der Waals surface area (Å²) >= 11 is 1.74. The predicted molar refractivity (Wildman–Crippen MR) is 78.4 cm³/mol. The lowest BCUT2D eigenvalue weighted by Gasteiger charge is -2.32. The first-order chi connectivity index (χ1) is 8.87. The third-order valence-corrected chi connectivity index (χ3v) is 5.01. The van der Waals surface area contributed by atoms with Gasteiger partial charge in [-0.3, -0.25) is 4.79 Å². The van der Waals surface area contributed by atoms with E-state index in [4.69, 9.17) is 0 Å². The molecule has 0 aliphatic carbocycles. The van der Waals surface area contributed by atoms with E-state index in [1.165, 1.54) is 0 Å². The smallest absolute Gasteiger partial charge is 0.228 e. The Hall–Kier alpha value is -1.01. The summed E-state index contributed by atoms with van der Waals surface area (Å²) in [6, 6.07) is 7.74. The van der Waals surface area contributed by atoms with E-state index in [2.05, 4.69) is 6.92 Å². The number of nitrogens with zero attached hydrogens (tertiary/aromatic N) is 1. The number of fused-ring (bicyclic) bond motifs is 1. The summed E-state index contributed by atoms with van der Waals surface area (Å²) in [6.07, 6.45) is 1.20. The molecule has 1 aliphatic heterocycles. The summed E-state index contributed by atoms with van der Waals surface area (Å²) < 4.78 is 22.3. The zero-order valence-electron chi connectivity index (χ0n) is 11.0. The van der Waals surface area contributed by atoms with Gasteiger partial charge in [0.05, 0.1) is 11.4 Å². The van der Waals surface area contributed by atoms with Gasteiger partial charge in [-0.2, -0.15) is 0 Å². The highest BCUT2D eigenvalue weighted by Crippen LogP contribution is 2.38. The Kier molecular flexibility index (Phi) is 4.20. The van der Waals surface area contributed by atoms with Crippen molar-refractivity contribution in [1.29, 1.82) is 0 Å². The Morgan fingerprint density at radius 1 is 1.42 bits per heavy atom. The molecule has 2 rings (SSSR count). The van der Waals surface area contributed by atoms with Crippen molar-refractivity contribution < 1.29 is 13.2 Å². The molecule has 1 aromatic carbocycles. The number of benzene rings is 1. The van der Waals surface area contributed by atoms with E-state index in [-0.39, 0.29) is 18.1 Å². The molecule has 0 bridgehead atoms. The van der Waals surface area contributed by atoms with E-state index >= 15 is 0 Å². The first-order valence-electron chi connectivity index (χ1n) is 6.10. The van der Waals surface area contributed by atoms with E-state index in [1.807, 2.05) is 24.3 Å². The number of amides is 1. The summed E-state index contributed by atoms with van der Waals surface area (Å²) in [7, 11) is -3.10. The van der Waals surface area contributed by atoms with Crippen LogP contribution in [0.15, 0.2) is 29.2 Å². The van der Waals surface area contributed by atoms with Crippen molar-refractivity contribution in [3.63, 3.8) is 0 Å². The molecule has 1 aliphatic rings. The highest BCUT2D eigenvalue weighted by Gasteiger charge is 2.26. The zero-order chi connectivity index (χ0) is 14.0. The van der Waals surface area contributed by atoms with E-state index in [0.717, 1.165) is 16.8 Å². The highest BCUT2D eigenvalue weighted by atomic mass is 32.2. The van der Waals surface area contributed by atoms with Gasteiger partial charge in [0.1, 0.15) is 9.84 Å². The molecular formula is C13H17NO3S2. The molecule has 1 heterocycles. The maximum Gasteiger partial charge on any atom is 0.228 e. The second kappa shape index (κ2) is 5.54. The van der Waals surface area contributed by atoms with Crippen LogP contribution in [0.3, 0.4) is 0 Å². The highest BCUT2D eigenvalue weighted by molar-refractivity contribution is 8.00. The normalized spacial score (nSPS) is 19.1. The lowest BCUT2D eigenvalue weighted by atomic mass is 10.2. The summed E-state index contributed by atoms with van der Waals surface area (Å²) in [5.74, 6) is -0.212. The van der Waals surface area contributed by atoms with Crippen molar-refractivity contribution in [2.24, 2.45) is 0 Å². The zero-order valence-corrected chi connectivity index (χ0v) is 12.6. The Morgan fingerprint density at radius 2 is 2.11 bits per heavy atom. The molecule has 0 aromatic heterocycles. The summed E-state index contributed by atoms with van der Waals surface area (Å²) in [6.45, 7) is 2.70. The fourth-order valence-electron chi connectivity index (χ4n) is 2.03. The average Bonchev–Trinajstić information content (AvgIpc) is 2.34. The molecule has 19 heavy (non-hydrogen) atoms. The van der Waals surface area contributed by atoms with Crippen LogP contribution in [0.4, 0.5) is 5.69 Å².